The number of rotatable bonds is 4. The number of hydrogen-bond acceptors (Lipinski definition) is 5. The van der Waals surface area contributed by atoms with E-state index in [1.54, 1.807) is 13.2 Å². The summed E-state index contributed by atoms with van der Waals surface area (Å²) in [6.07, 6.45) is 3.50. The number of ether oxygens (including phenoxy) is 2. The first-order valence-corrected chi connectivity index (χ1v) is 8.95. The first-order chi connectivity index (χ1) is 12.7. The number of benzene rings is 1. The molecule has 4 rings (SSSR count). The van der Waals surface area contributed by atoms with Crippen molar-refractivity contribution in [3.63, 3.8) is 0 Å². The highest BCUT2D eigenvalue weighted by Crippen LogP contribution is 2.39. The molecule has 1 aliphatic heterocycles. The molecule has 0 bridgehead atoms. The summed E-state index contributed by atoms with van der Waals surface area (Å²) in [6.45, 7) is 1.36. The van der Waals surface area contributed by atoms with Crippen molar-refractivity contribution in [2.24, 2.45) is 11.8 Å². The molecule has 1 saturated carbocycles. The highest BCUT2D eigenvalue weighted by molar-refractivity contribution is 5.94. The van der Waals surface area contributed by atoms with Crippen LogP contribution in [0, 0.1) is 11.8 Å². The van der Waals surface area contributed by atoms with Gasteiger partial charge in [0.15, 0.2) is 11.5 Å². The molecule has 2 fully saturated rings. The number of hydrogen-bond donors (Lipinski definition) is 1. The number of likely N-dealkylation sites (tertiary alicyclic amines) is 1. The standard InChI is InChI=1S/C20H23NO5/c1-24-17-4-2-3-5-18(17)26-19-9-15-11-21(10-14(15)8-16(19)22)20(23)13-6-7-25-12-13/h2-7,12,14-16,19,22H,8-11H2,1H3/t14-,15+,16+,19+/m0/s1. The van der Waals surface area contributed by atoms with Crippen LogP contribution in [-0.4, -0.2) is 48.3 Å². The lowest BCUT2D eigenvalue weighted by Crippen LogP contribution is -2.42. The van der Waals surface area contributed by atoms with Crippen molar-refractivity contribution >= 4 is 5.91 Å². The van der Waals surface area contributed by atoms with Gasteiger partial charge in [0.1, 0.15) is 12.4 Å². The number of fused-ring (bicyclic) bond motifs is 1. The molecule has 2 aromatic rings. The first-order valence-electron chi connectivity index (χ1n) is 8.95. The van der Waals surface area contributed by atoms with Gasteiger partial charge in [0.2, 0.25) is 0 Å². The zero-order chi connectivity index (χ0) is 18.1. The van der Waals surface area contributed by atoms with E-state index in [1.807, 2.05) is 29.2 Å². The minimum Gasteiger partial charge on any atom is -0.493 e. The molecular formula is C20H23NO5. The second kappa shape index (κ2) is 7.03. The molecule has 0 radical (unpaired) electrons. The molecule has 2 heterocycles. The summed E-state index contributed by atoms with van der Waals surface area (Å²) in [7, 11) is 1.60. The number of furan rings is 1. The van der Waals surface area contributed by atoms with Crippen molar-refractivity contribution in [1.29, 1.82) is 0 Å². The Kier molecular flexibility index (Phi) is 4.59. The largest absolute Gasteiger partial charge is 0.493 e. The highest BCUT2D eigenvalue weighted by atomic mass is 16.5. The minimum atomic E-state index is -0.551. The molecule has 6 heteroatoms. The number of para-hydroxylation sites is 2. The zero-order valence-electron chi connectivity index (χ0n) is 14.7. The van der Waals surface area contributed by atoms with E-state index in [4.69, 9.17) is 13.9 Å². The van der Waals surface area contributed by atoms with Crippen LogP contribution in [0.5, 0.6) is 11.5 Å². The van der Waals surface area contributed by atoms with E-state index in [-0.39, 0.29) is 12.0 Å². The van der Waals surface area contributed by atoms with E-state index in [2.05, 4.69) is 0 Å². The van der Waals surface area contributed by atoms with Gasteiger partial charge in [-0.05, 0) is 42.9 Å². The molecule has 1 saturated heterocycles. The number of aliphatic hydroxyl groups is 1. The molecule has 1 N–H and O–H groups in total. The van der Waals surface area contributed by atoms with E-state index < -0.39 is 6.10 Å². The second-order valence-electron chi connectivity index (χ2n) is 7.09. The van der Waals surface area contributed by atoms with Crippen LogP contribution in [0.4, 0.5) is 0 Å². The van der Waals surface area contributed by atoms with E-state index >= 15 is 0 Å². The SMILES string of the molecule is COc1ccccc1O[C@@H]1C[C@@H]2CN(C(=O)c3ccoc3)C[C@@H]2C[C@H]1O. The predicted octanol–water partition coefficient (Wildman–Crippen LogP) is 2.58. The third-order valence-corrected chi connectivity index (χ3v) is 5.49. The van der Waals surface area contributed by atoms with Crippen molar-refractivity contribution in [3.05, 3.63) is 48.4 Å². The van der Waals surface area contributed by atoms with Crippen molar-refractivity contribution < 1.29 is 23.8 Å². The molecule has 1 amide bonds. The van der Waals surface area contributed by atoms with Crippen LogP contribution in [0.3, 0.4) is 0 Å². The monoisotopic (exact) mass is 357 g/mol. The number of carbonyl (C=O) groups is 1. The smallest absolute Gasteiger partial charge is 0.257 e. The lowest BCUT2D eigenvalue weighted by atomic mass is 9.78. The van der Waals surface area contributed by atoms with Gasteiger partial charge < -0.3 is 23.9 Å². The zero-order valence-corrected chi connectivity index (χ0v) is 14.7. The summed E-state index contributed by atoms with van der Waals surface area (Å²) in [4.78, 5) is 14.4. The van der Waals surface area contributed by atoms with Crippen molar-refractivity contribution in [3.8, 4) is 11.5 Å². The van der Waals surface area contributed by atoms with E-state index in [0.717, 1.165) is 6.42 Å². The fraction of sp³-hybridized carbons (Fsp3) is 0.450. The quantitative estimate of drug-likeness (QED) is 0.911. The molecule has 2 aliphatic rings. The Hall–Kier alpha value is -2.47. The molecule has 6 nitrogen and oxygen atoms in total. The Morgan fingerprint density at radius 3 is 2.58 bits per heavy atom. The number of methoxy groups -OCH3 is 1. The van der Waals surface area contributed by atoms with Crippen LogP contribution in [0.2, 0.25) is 0 Å². The maximum atomic E-state index is 12.5. The van der Waals surface area contributed by atoms with Crippen LogP contribution < -0.4 is 9.47 Å². The number of nitrogens with zero attached hydrogens (tertiary/aromatic N) is 1. The highest BCUT2D eigenvalue weighted by Gasteiger charge is 2.44. The van der Waals surface area contributed by atoms with E-state index in [1.165, 1.54) is 12.5 Å². The predicted molar refractivity (Wildman–Crippen MR) is 94.2 cm³/mol. The summed E-state index contributed by atoms with van der Waals surface area (Å²) in [5.74, 6) is 1.92. The van der Waals surface area contributed by atoms with Crippen molar-refractivity contribution in [1.82, 2.24) is 4.90 Å². The van der Waals surface area contributed by atoms with Gasteiger partial charge >= 0.3 is 0 Å². The summed E-state index contributed by atoms with van der Waals surface area (Å²) < 4.78 is 16.4. The number of amides is 1. The van der Waals surface area contributed by atoms with Gasteiger partial charge in [-0.15, -0.1) is 0 Å². The summed E-state index contributed by atoms with van der Waals surface area (Å²) in [5.41, 5.74) is 0.575. The fourth-order valence-electron chi connectivity index (χ4n) is 4.13. The van der Waals surface area contributed by atoms with Gasteiger partial charge in [0.25, 0.3) is 5.91 Å². The maximum Gasteiger partial charge on any atom is 0.257 e. The average molecular weight is 357 g/mol. The fourth-order valence-corrected chi connectivity index (χ4v) is 4.13. The third kappa shape index (κ3) is 3.17. The summed E-state index contributed by atoms with van der Waals surface area (Å²) in [6, 6.07) is 9.15. The topological polar surface area (TPSA) is 72.1 Å². The summed E-state index contributed by atoms with van der Waals surface area (Å²) in [5, 5.41) is 10.6. The normalized spacial score (nSPS) is 27.8. The molecule has 1 aromatic heterocycles. The van der Waals surface area contributed by atoms with Crippen molar-refractivity contribution in [2.75, 3.05) is 20.2 Å². The molecule has 4 atom stereocenters. The van der Waals surface area contributed by atoms with Crippen LogP contribution in [-0.2, 0) is 0 Å². The second-order valence-corrected chi connectivity index (χ2v) is 7.09. The van der Waals surface area contributed by atoms with Crippen LogP contribution in [0.1, 0.15) is 23.2 Å². The Morgan fingerprint density at radius 1 is 1.15 bits per heavy atom. The molecule has 138 valence electrons. The Labute approximate surface area is 152 Å². The molecule has 0 unspecified atom stereocenters. The van der Waals surface area contributed by atoms with Crippen LogP contribution in [0.25, 0.3) is 0 Å². The Morgan fingerprint density at radius 2 is 1.88 bits per heavy atom. The lowest BCUT2D eigenvalue weighted by molar-refractivity contribution is -0.0240. The van der Waals surface area contributed by atoms with Crippen LogP contribution >= 0.6 is 0 Å². The van der Waals surface area contributed by atoms with E-state index in [9.17, 15) is 9.90 Å². The van der Waals surface area contributed by atoms with Gasteiger partial charge in [0.05, 0.1) is 25.0 Å². The maximum absolute atomic E-state index is 12.5. The lowest BCUT2D eigenvalue weighted by Gasteiger charge is -2.35. The molecule has 1 aliphatic carbocycles. The third-order valence-electron chi connectivity index (χ3n) is 5.49. The minimum absolute atomic E-state index is 0.00941. The number of carbonyl (C=O) groups excluding carboxylic acids is 1. The van der Waals surface area contributed by atoms with Gasteiger partial charge in [-0.25, -0.2) is 0 Å². The van der Waals surface area contributed by atoms with Gasteiger partial charge in [0, 0.05) is 13.1 Å². The van der Waals surface area contributed by atoms with Crippen LogP contribution in [0.15, 0.2) is 47.3 Å². The summed E-state index contributed by atoms with van der Waals surface area (Å²) >= 11 is 0. The Bertz CT molecular complexity index is 759. The van der Waals surface area contributed by atoms with Gasteiger partial charge in [-0.3, -0.25) is 4.79 Å². The molecule has 26 heavy (non-hydrogen) atoms. The first kappa shape index (κ1) is 17.0. The number of aliphatic hydroxyl groups excluding tert-OH is 1. The molecule has 1 aromatic carbocycles. The van der Waals surface area contributed by atoms with Gasteiger partial charge in [-0.1, -0.05) is 12.1 Å². The Balaban J connectivity index is 1.44. The van der Waals surface area contributed by atoms with Crippen molar-refractivity contribution in [2.45, 2.75) is 25.0 Å². The van der Waals surface area contributed by atoms with E-state index in [0.29, 0.717) is 48.4 Å². The molecule has 0 spiro atoms. The van der Waals surface area contributed by atoms with Gasteiger partial charge in [-0.2, -0.15) is 0 Å². The molecular weight excluding hydrogens is 334 g/mol. The average Bonchev–Trinajstić information content (AvgIpc) is 3.31.